The van der Waals surface area contributed by atoms with Crippen LogP contribution in [-0.2, 0) is 10.8 Å². The van der Waals surface area contributed by atoms with Crippen LogP contribution in [0.5, 0.6) is 0 Å². The Kier molecular flexibility index (Phi) is 3.55. The van der Waals surface area contributed by atoms with Crippen LogP contribution in [0.2, 0.25) is 0 Å². The monoisotopic (exact) mass is 245 g/mol. The van der Waals surface area contributed by atoms with Crippen molar-refractivity contribution < 1.29 is 0 Å². The fourth-order valence-corrected chi connectivity index (χ4v) is 2.99. The lowest BCUT2D eigenvalue weighted by atomic mass is 9.71. The van der Waals surface area contributed by atoms with E-state index in [1.54, 1.807) is 5.56 Å². The molecule has 18 heavy (non-hydrogen) atoms. The van der Waals surface area contributed by atoms with Crippen molar-refractivity contribution in [2.45, 2.75) is 58.3 Å². The number of aryl methyl sites for hydroxylation is 1. The van der Waals surface area contributed by atoms with Gasteiger partial charge in [0.15, 0.2) is 0 Å². The summed E-state index contributed by atoms with van der Waals surface area (Å²) in [7, 11) is 0. The van der Waals surface area contributed by atoms with E-state index in [9.17, 15) is 0 Å². The van der Waals surface area contributed by atoms with Gasteiger partial charge in [-0.2, -0.15) is 0 Å². The summed E-state index contributed by atoms with van der Waals surface area (Å²) in [6.45, 7) is 13.9. The molecule has 1 N–H and O–H groups in total. The summed E-state index contributed by atoms with van der Waals surface area (Å²) in [4.78, 5) is 0. The lowest BCUT2D eigenvalue weighted by Crippen LogP contribution is -2.38. The Hall–Kier alpha value is -0.820. The molecule has 0 unspecified atom stereocenters. The molecule has 1 aromatic rings. The van der Waals surface area contributed by atoms with Crippen molar-refractivity contribution in [2.24, 2.45) is 0 Å². The molecule has 1 aromatic carbocycles. The Morgan fingerprint density at radius 3 is 2.28 bits per heavy atom. The first-order valence-electron chi connectivity index (χ1n) is 7.15. The summed E-state index contributed by atoms with van der Waals surface area (Å²) in [6, 6.07) is 7.06. The van der Waals surface area contributed by atoms with Crippen LogP contribution >= 0.6 is 0 Å². The minimum atomic E-state index is 0.242. The first-order valence-corrected chi connectivity index (χ1v) is 7.15. The molecule has 0 atom stereocenters. The maximum absolute atomic E-state index is 3.47. The van der Waals surface area contributed by atoms with E-state index in [-0.39, 0.29) is 5.41 Å². The number of benzene rings is 1. The predicted molar refractivity (Wildman–Crippen MR) is 79.3 cm³/mol. The number of hydrogen-bond donors (Lipinski definition) is 1. The molecule has 0 aromatic heterocycles. The van der Waals surface area contributed by atoms with Gasteiger partial charge in [-0.1, -0.05) is 45.9 Å². The van der Waals surface area contributed by atoms with Crippen LogP contribution in [0.15, 0.2) is 18.2 Å². The van der Waals surface area contributed by atoms with E-state index in [0.717, 1.165) is 13.1 Å². The van der Waals surface area contributed by atoms with Gasteiger partial charge >= 0.3 is 0 Å². The highest BCUT2D eigenvalue weighted by molar-refractivity contribution is 5.39. The average Bonchev–Trinajstić information content (AvgIpc) is 2.28. The molecule has 0 aliphatic carbocycles. The summed E-state index contributed by atoms with van der Waals surface area (Å²) in [6.07, 6.45) is 2.50. The van der Waals surface area contributed by atoms with Gasteiger partial charge in [-0.15, -0.1) is 0 Å². The molecule has 1 nitrogen and oxygen atoms in total. The highest BCUT2D eigenvalue weighted by Gasteiger charge is 2.30. The second kappa shape index (κ2) is 4.70. The highest BCUT2D eigenvalue weighted by Crippen LogP contribution is 2.37. The van der Waals surface area contributed by atoms with Gasteiger partial charge in [0.05, 0.1) is 0 Å². The van der Waals surface area contributed by atoms with Crippen molar-refractivity contribution in [1.82, 2.24) is 5.32 Å². The van der Waals surface area contributed by atoms with Crippen LogP contribution in [0.1, 0.15) is 57.2 Å². The first-order chi connectivity index (χ1) is 8.33. The Morgan fingerprint density at radius 1 is 1.11 bits per heavy atom. The first kappa shape index (κ1) is 13.6. The number of piperidine rings is 1. The largest absolute Gasteiger partial charge is 0.317 e. The normalized spacial score (nSPS) is 19.8. The van der Waals surface area contributed by atoms with Gasteiger partial charge in [0.25, 0.3) is 0 Å². The van der Waals surface area contributed by atoms with Crippen LogP contribution in [0.4, 0.5) is 0 Å². The molecular formula is C17H27N. The number of rotatable bonds is 1. The molecule has 1 heteroatoms. The molecule has 100 valence electrons. The lowest BCUT2D eigenvalue weighted by Gasteiger charge is -2.37. The van der Waals surface area contributed by atoms with Crippen molar-refractivity contribution in [3.05, 3.63) is 34.9 Å². The van der Waals surface area contributed by atoms with Gasteiger partial charge in [-0.05, 0) is 60.4 Å². The zero-order valence-electron chi connectivity index (χ0n) is 12.6. The van der Waals surface area contributed by atoms with Gasteiger partial charge in [0, 0.05) is 0 Å². The molecule has 1 saturated heterocycles. The van der Waals surface area contributed by atoms with Gasteiger partial charge < -0.3 is 5.32 Å². The summed E-state index contributed by atoms with van der Waals surface area (Å²) >= 11 is 0. The Balaban J connectivity index is 2.43. The standard InChI is InChI=1S/C17H27N/c1-13-6-7-14(16(2,3)4)12-15(13)17(5)8-10-18-11-9-17/h6-7,12,18H,8-11H2,1-5H3. The molecule has 1 heterocycles. The number of hydrogen-bond acceptors (Lipinski definition) is 1. The topological polar surface area (TPSA) is 12.0 Å². The van der Waals surface area contributed by atoms with E-state index in [2.05, 4.69) is 58.1 Å². The van der Waals surface area contributed by atoms with Crippen molar-refractivity contribution in [3.63, 3.8) is 0 Å². The van der Waals surface area contributed by atoms with Gasteiger partial charge in [0.2, 0.25) is 0 Å². The van der Waals surface area contributed by atoms with E-state index in [1.807, 2.05) is 0 Å². The van der Waals surface area contributed by atoms with E-state index in [0.29, 0.717) is 5.41 Å². The van der Waals surface area contributed by atoms with Gasteiger partial charge in [0.1, 0.15) is 0 Å². The molecule has 1 fully saturated rings. The van der Waals surface area contributed by atoms with Crippen LogP contribution in [0, 0.1) is 6.92 Å². The maximum atomic E-state index is 3.47. The second-order valence-corrected chi connectivity index (χ2v) is 7.09. The smallest absolute Gasteiger partial charge is 0.00405 e. The van der Waals surface area contributed by atoms with Crippen LogP contribution in [0.25, 0.3) is 0 Å². The van der Waals surface area contributed by atoms with Gasteiger partial charge in [-0.25, -0.2) is 0 Å². The minimum Gasteiger partial charge on any atom is -0.317 e. The maximum Gasteiger partial charge on any atom is -0.00405 e. The van der Waals surface area contributed by atoms with Crippen molar-refractivity contribution >= 4 is 0 Å². The zero-order chi connectivity index (χ0) is 13.4. The van der Waals surface area contributed by atoms with E-state index < -0.39 is 0 Å². The summed E-state index contributed by atoms with van der Waals surface area (Å²) in [5.41, 5.74) is 5.08. The fraction of sp³-hybridized carbons (Fsp3) is 0.647. The Labute approximate surface area is 112 Å². The van der Waals surface area contributed by atoms with E-state index >= 15 is 0 Å². The SMILES string of the molecule is Cc1ccc(C(C)(C)C)cc1C1(C)CCNCC1. The highest BCUT2D eigenvalue weighted by atomic mass is 14.9. The third kappa shape index (κ3) is 2.61. The molecule has 0 amide bonds. The van der Waals surface area contributed by atoms with Gasteiger partial charge in [-0.3, -0.25) is 0 Å². The van der Waals surface area contributed by atoms with E-state index in [1.165, 1.54) is 24.0 Å². The Morgan fingerprint density at radius 2 is 1.72 bits per heavy atom. The zero-order valence-corrected chi connectivity index (χ0v) is 12.6. The molecule has 0 saturated carbocycles. The van der Waals surface area contributed by atoms with E-state index in [4.69, 9.17) is 0 Å². The predicted octanol–water partition coefficient (Wildman–Crippen LogP) is 3.93. The summed E-state index contributed by atoms with van der Waals surface area (Å²) in [5, 5.41) is 3.47. The van der Waals surface area contributed by atoms with Crippen LogP contribution in [0.3, 0.4) is 0 Å². The molecule has 2 rings (SSSR count). The third-order valence-electron chi connectivity index (χ3n) is 4.46. The molecule has 0 radical (unpaired) electrons. The lowest BCUT2D eigenvalue weighted by molar-refractivity contribution is 0.333. The quantitative estimate of drug-likeness (QED) is 0.790. The van der Waals surface area contributed by atoms with Crippen LogP contribution < -0.4 is 5.32 Å². The molecule has 0 bridgehead atoms. The second-order valence-electron chi connectivity index (χ2n) is 7.09. The molecule has 1 aliphatic rings. The molecule has 1 aliphatic heterocycles. The summed E-state index contributed by atoms with van der Waals surface area (Å²) < 4.78 is 0. The van der Waals surface area contributed by atoms with Crippen molar-refractivity contribution in [1.29, 1.82) is 0 Å². The van der Waals surface area contributed by atoms with Crippen molar-refractivity contribution in [3.8, 4) is 0 Å². The molecule has 0 spiro atoms. The average molecular weight is 245 g/mol. The number of nitrogens with one attached hydrogen (secondary N) is 1. The minimum absolute atomic E-state index is 0.242. The van der Waals surface area contributed by atoms with Crippen LogP contribution in [-0.4, -0.2) is 13.1 Å². The Bertz CT molecular complexity index is 420. The fourth-order valence-electron chi connectivity index (χ4n) is 2.99. The van der Waals surface area contributed by atoms with Crippen molar-refractivity contribution in [2.75, 3.05) is 13.1 Å². The molecular weight excluding hydrogens is 218 g/mol. The third-order valence-corrected chi connectivity index (χ3v) is 4.46. The summed E-state index contributed by atoms with van der Waals surface area (Å²) in [5.74, 6) is 0.